The van der Waals surface area contributed by atoms with Gasteiger partial charge >= 0.3 is 5.97 Å². The predicted molar refractivity (Wildman–Crippen MR) is 48.4 cm³/mol. The first-order valence-corrected chi connectivity index (χ1v) is 4.36. The molecule has 1 aromatic heterocycles. The van der Waals surface area contributed by atoms with Crippen molar-refractivity contribution in [1.29, 1.82) is 0 Å². The fraction of sp³-hybridized carbons (Fsp3) is 0.500. The standard InChI is InChI=1S/C10H14O3/c1-7(2)9(10(11)12)6-8-4-3-5-13-8/h3-5,7,9H,6H2,1-2H3,(H,11,12). The highest BCUT2D eigenvalue weighted by atomic mass is 16.4. The predicted octanol–water partition coefficient (Wildman–Crippen LogP) is 2.18. The third kappa shape index (κ3) is 2.61. The van der Waals surface area contributed by atoms with Gasteiger partial charge in [-0.3, -0.25) is 4.79 Å². The van der Waals surface area contributed by atoms with Gasteiger partial charge in [0.25, 0.3) is 0 Å². The largest absolute Gasteiger partial charge is 0.481 e. The van der Waals surface area contributed by atoms with Crippen LogP contribution in [0, 0.1) is 11.8 Å². The van der Waals surface area contributed by atoms with E-state index >= 15 is 0 Å². The van der Waals surface area contributed by atoms with E-state index in [0.717, 1.165) is 5.76 Å². The lowest BCUT2D eigenvalue weighted by molar-refractivity contribution is -0.143. The quantitative estimate of drug-likeness (QED) is 0.776. The van der Waals surface area contributed by atoms with E-state index in [4.69, 9.17) is 9.52 Å². The van der Waals surface area contributed by atoms with Crippen LogP contribution in [0.15, 0.2) is 22.8 Å². The highest BCUT2D eigenvalue weighted by molar-refractivity contribution is 5.70. The Kier molecular flexibility index (Phi) is 3.12. The van der Waals surface area contributed by atoms with Crippen molar-refractivity contribution in [2.75, 3.05) is 0 Å². The number of carboxylic acids is 1. The summed E-state index contributed by atoms with van der Waals surface area (Å²) >= 11 is 0. The van der Waals surface area contributed by atoms with E-state index in [-0.39, 0.29) is 11.8 Å². The van der Waals surface area contributed by atoms with Crippen LogP contribution < -0.4 is 0 Å². The molecule has 0 bridgehead atoms. The molecular weight excluding hydrogens is 168 g/mol. The average Bonchev–Trinajstić information content (AvgIpc) is 2.50. The number of furan rings is 1. The first-order chi connectivity index (χ1) is 6.11. The van der Waals surface area contributed by atoms with Crippen LogP contribution in [0.5, 0.6) is 0 Å². The number of rotatable bonds is 4. The Bertz CT molecular complexity index is 262. The summed E-state index contributed by atoms with van der Waals surface area (Å²) in [4.78, 5) is 10.8. The summed E-state index contributed by atoms with van der Waals surface area (Å²) in [6, 6.07) is 3.58. The molecule has 3 heteroatoms. The average molecular weight is 182 g/mol. The maximum atomic E-state index is 10.8. The van der Waals surface area contributed by atoms with E-state index in [1.54, 1.807) is 18.4 Å². The van der Waals surface area contributed by atoms with Crippen molar-refractivity contribution in [3.05, 3.63) is 24.2 Å². The van der Waals surface area contributed by atoms with E-state index in [9.17, 15) is 4.79 Å². The maximum Gasteiger partial charge on any atom is 0.307 e. The molecule has 72 valence electrons. The van der Waals surface area contributed by atoms with Gasteiger partial charge in [-0.05, 0) is 18.1 Å². The van der Waals surface area contributed by atoms with Crippen molar-refractivity contribution in [2.24, 2.45) is 11.8 Å². The minimum absolute atomic E-state index is 0.127. The zero-order chi connectivity index (χ0) is 9.84. The normalized spacial score (nSPS) is 13.2. The molecule has 0 fully saturated rings. The summed E-state index contributed by atoms with van der Waals surface area (Å²) in [5.41, 5.74) is 0. The molecule has 1 rings (SSSR count). The Labute approximate surface area is 77.4 Å². The summed E-state index contributed by atoms with van der Waals surface area (Å²) in [7, 11) is 0. The summed E-state index contributed by atoms with van der Waals surface area (Å²) in [6.07, 6.45) is 2.04. The first kappa shape index (κ1) is 9.84. The molecular formula is C10H14O3. The lowest BCUT2D eigenvalue weighted by Gasteiger charge is -2.13. The van der Waals surface area contributed by atoms with Gasteiger partial charge < -0.3 is 9.52 Å². The van der Waals surface area contributed by atoms with Crippen molar-refractivity contribution < 1.29 is 14.3 Å². The summed E-state index contributed by atoms with van der Waals surface area (Å²) < 4.78 is 5.10. The highest BCUT2D eigenvalue weighted by Crippen LogP contribution is 2.17. The fourth-order valence-corrected chi connectivity index (χ4v) is 1.25. The molecule has 3 nitrogen and oxygen atoms in total. The summed E-state index contributed by atoms with van der Waals surface area (Å²) in [5, 5.41) is 8.90. The molecule has 0 aliphatic rings. The second-order valence-corrected chi connectivity index (χ2v) is 3.47. The van der Waals surface area contributed by atoms with Gasteiger partial charge in [0.05, 0.1) is 12.2 Å². The van der Waals surface area contributed by atoms with Gasteiger partial charge in [-0.25, -0.2) is 0 Å². The minimum Gasteiger partial charge on any atom is -0.481 e. The van der Waals surface area contributed by atoms with Gasteiger partial charge in [0.2, 0.25) is 0 Å². The van der Waals surface area contributed by atoms with Gasteiger partial charge in [-0.1, -0.05) is 13.8 Å². The van der Waals surface area contributed by atoms with Crippen molar-refractivity contribution in [3.8, 4) is 0 Å². The van der Waals surface area contributed by atoms with Crippen LogP contribution in [0.25, 0.3) is 0 Å². The number of carboxylic acid groups (broad SMARTS) is 1. The second kappa shape index (κ2) is 4.12. The van der Waals surface area contributed by atoms with Crippen LogP contribution in [0.2, 0.25) is 0 Å². The molecule has 0 saturated carbocycles. The second-order valence-electron chi connectivity index (χ2n) is 3.47. The number of hydrogen-bond acceptors (Lipinski definition) is 2. The Hall–Kier alpha value is -1.25. The lowest BCUT2D eigenvalue weighted by atomic mass is 9.92. The lowest BCUT2D eigenvalue weighted by Crippen LogP contribution is -2.21. The van der Waals surface area contributed by atoms with Crippen molar-refractivity contribution in [2.45, 2.75) is 20.3 Å². The SMILES string of the molecule is CC(C)C(Cc1ccco1)C(=O)O. The van der Waals surface area contributed by atoms with Crippen molar-refractivity contribution in [1.82, 2.24) is 0 Å². The smallest absolute Gasteiger partial charge is 0.307 e. The molecule has 0 spiro atoms. The molecule has 1 heterocycles. The van der Waals surface area contributed by atoms with Crippen LogP contribution in [0.4, 0.5) is 0 Å². The van der Waals surface area contributed by atoms with Gasteiger partial charge in [0, 0.05) is 6.42 Å². The van der Waals surface area contributed by atoms with Gasteiger partial charge in [-0.2, -0.15) is 0 Å². The van der Waals surface area contributed by atoms with E-state index < -0.39 is 5.97 Å². The molecule has 0 radical (unpaired) electrons. The van der Waals surface area contributed by atoms with Crippen LogP contribution in [-0.4, -0.2) is 11.1 Å². The van der Waals surface area contributed by atoms with E-state index in [1.807, 2.05) is 13.8 Å². The van der Waals surface area contributed by atoms with Gasteiger partial charge in [-0.15, -0.1) is 0 Å². The number of aliphatic carboxylic acids is 1. The molecule has 0 aromatic carbocycles. The van der Waals surface area contributed by atoms with Crippen LogP contribution >= 0.6 is 0 Å². The van der Waals surface area contributed by atoms with Crippen LogP contribution in [0.3, 0.4) is 0 Å². The topological polar surface area (TPSA) is 50.4 Å². The molecule has 1 unspecified atom stereocenters. The molecule has 1 N–H and O–H groups in total. The molecule has 0 saturated heterocycles. The first-order valence-electron chi connectivity index (χ1n) is 4.36. The fourth-order valence-electron chi connectivity index (χ4n) is 1.25. The van der Waals surface area contributed by atoms with Crippen molar-refractivity contribution in [3.63, 3.8) is 0 Å². The molecule has 0 aliphatic carbocycles. The van der Waals surface area contributed by atoms with E-state index in [2.05, 4.69) is 0 Å². The Morgan fingerprint density at radius 2 is 2.31 bits per heavy atom. The third-order valence-electron chi connectivity index (χ3n) is 2.12. The van der Waals surface area contributed by atoms with E-state index in [1.165, 1.54) is 0 Å². The third-order valence-corrected chi connectivity index (χ3v) is 2.12. The van der Waals surface area contributed by atoms with Crippen LogP contribution in [-0.2, 0) is 11.2 Å². The highest BCUT2D eigenvalue weighted by Gasteiger charge is 2.22. The monoisotopic (exact) mass is 182 g/mol. The molecule has 13 heavy (non-hydrogen) atoms. The minimum atomic E-state index is -0.758. The zero-order valence-corrected chi connectivity index (χ0v) is 7.86. The summed E-state index contributed by atoms with van der Waals surface area (Å²) in [5.74, 6) is -0.249. The molecule has 1 atom stereocenters. The number of hydrogen-bond donors (Lipinski definition) is 1. The van der Waals surface area contributed by atoms with Crippen LogP contribution in [0.1, 0.15) is 19.6 Å². The van der Waals surface area contributed by atoms with Crippen molar-refractivity contribution >= 4 is 5.97 Å². The number of carbonyl (C=O) groups is 1. The Morgan fingerprint density at radius 1 is 1.62 bits per heavy atom. The van der Waals surface area contributed by atoms with Gasteiger partial charge in [0.1, 0.15) is 5.76 Å². The molecule has 0 amide bonds. The zero-order valence-electron chi connectivity index (χ0n) is 7.86. The maximum absolute atomic E-state index is 10.8. The Morgan fingerprint density at radius 3 is 2.69 bits per heavy atom. The van der Waals surface area contributed by atoms with Gasteiger partial charge in [0.15, 0.2) is 0 Å². The molecule has 0 aliphatic heterocycles. The van der Waals surface area contributed by atoms with E-state index in [0.29, 0.717) is 6.42 Å². The Balaban J connectivity index is 2.63. The summed E-state index contributed by atoms with van der Waals surface area (Å²) in [6.45, 7) is 3.81. The molecule has 1 aromatic rings.